The highest BCUT2D eigenvalue weighted by Crippen LogP contribution is 2.32. The van der Waals surface area contributed by atoms with Gasteiger partial charge in [-0.1, -0.05) is 49.4 Å². The maximum atomic E-state index is 6.11. The van der Waals surface area contributed by atoms with Crippen LogP contribution in [0.15, 0.2) is 59.6 Å². The molecular weight excluding hydrogens is 246 g/mol. The molecule has 0 fully saturated rings. The molecule has 20 heavy (non-hydrogen) atoms. The van der Waals surface area contributed by atoms with Crippen molar-refractivity contribution in [2.75, 3.05) is 11.4 Å². The molecule has 1 unspecified atom stereocenters. The highest BCUT2D eigenvalue weighted by Gasteiger charge is 2.29. The summed E-state index contributed by atoms with van der Waals surface area (Å²) in [5, 5.41) is 0. The fourth-order valence-corrected chi connectivity index (χ4v) is 2.82. The van der Waals surface area contributed by atoms with Crippen molar-refractivity contribution >= 4 is 11.6 Å². The molecule has 0 aromatic heterocycles. The largest absolute Gasteiger partial charge is 0.369 e. The summed E-state index contributed by atoms with van der Waals surface area (Å²) >= 11 is 0. The van der Waals surface area contributed by atoms with E-state index >= 15 is 0 Å². The van der Waals surface area contributed by atoms with Crippen LogP contribution >= 0.6 is 0 Å². The van der Waals surface area contributed by atoms with E-state index in [4.69, 9.17) is 5.73 Å². The summed E-state index contributed by atoms with van der Waals surface area (Å²) in [6.45, 7) is 2.91. The number of para-hydroxylation sites is 1. The Hall–Kier alpha value is -2.29. The molecule has 3 nitrogen and oxygen atoms in total. The minimum absolute atomic E-state index is 0.202. The fraction of sp³-hybridized carbons (Fsp3) is 0.235. The zero-order valence-electron chi connectivity index (χ0n) is 11.7. The number of nitrogens with two attached hydrogens (primary N) is 1. The maximum Gasteiger partial charge on any atom is 0.196 e. The fourth-order valence-electron chi connectivity index (χ4n) is 2.82. The monoisotopic (exact) mass is 265 g/mol. The van der Waals surface area contributed by atoms with Gasteiger partial charge in [-0.3, -0.25) is 4.99 Å². The van der Waals surface area contributed by atoms with Gasteiger partial charge in [0.25, 0.3) is 0 Å². The Kier molecular flexibility index (Phi) is 3.42. The second-order valence-corrected chi connectivity index (χ2v) is 4.97. The number of guanidine groups is 1. The summed E-state index contributed by atoms with van der Waals surface area (Å²) < 4.78 is 0. The predicted molar refractivity (Wildman–Crippen MR) is 84.0 cm³/mol. The molecule has 0 saturated carbocycles. The van der Waals surface area contributed by atoms with E-state index in [0.717, 1.165) is 18.7 Å². The van der Waals surface area contributed by atoms with Gasteiger partial charge < -0.3 is 10.6 Å². The van der Waals surface area contributed by atoms with Crippen LogP contribution in [0.5, 0.6) is 0 Å². The number of aryl methyl sites for hydroxylation is 1. The molecule has 0 bridgehead atoms. The van der Waals surface area contributed by atoms with E-state index < -0.39 is 0 Å². The van der Waals surface area contributed by atoms with Crippen molar-refractivity contribution in [1.29, 1.82) is 0 Å². The lowest BCUT2D eigenvalue weighted by Gasteiger charge is -2.28. The molecule has 0 amide bonds. The topological polar surface area (TPSA) is 41.6 Å². The van der Waals surface area contributed by atoms with Crippen LogP contribution in [0.25, 0.3) is 0 Å². The summed E-state index contributed by atoms with van der Waals surface area (Å²) in [4.78, 5) is 6.58. The smallest absolute Gasteiger partial charge is 0.196 e. The zero-order chi connectivity index (χ0) is 13.9. The van der Waals surface area contributed by atoms with E-state index in [1.54, 1.807) is 0 Å². The van der Waals surface area contributed by atoms with Crippen molar-refractivity contribution in [1.82, 2.24) is 0 Å². The first kappa shape index (κ1) is 12.7. The molecule has 1 aliphatic rings. The van der Waals surface area contributed by atoms with Crippen molar-refractivity contribution in [3.05, 3.63) is 65.7 Å². The summed E-state index contributed by atoms with van der Waals surface area (Å²) in [6.07, 6.45) is 1.02. The third-order valence-electron chi connectivity index (χ3n) is 3.81. The van der Waals surface area contributed by atoms with Gasteiger partial charge in [-0.05, 0) is 29.7 Å². The Morgan fingerprint density at radius 2 is 1.80 bits per heavy atom. The molecule has 0 spiro atoms. The first-order valence-corrected chi connectivity index (χ1v) is 7.03. The number of hydrogen-bond donors (Lipinski definition) is 1. The first-order chi connectivity index (χ1) is 9.81. The van der Waals surface area contributed by atoms with Crippen molar-refractivity contribution in [2.45, 2.75) is 19.4 Å². The van der Waals surface area contributed by atoms with Crippen LogP contribution in [0, 0.1) is 0 Å². The highest BCUT2D eigenvalue weighted by atomic mass is 15.3. The number of nitrogens with zero attached hydrogens (tertiary/aromatic N) is 2. The van der Waals surface area contributed by atoms with Crippen molar-refractivity contribution in [3.8, 4) is 0 Å². The maximum absolute atomic E-state index is 6.11. The van der Waals surface area contributed by atoms with E-state index in [1.165, 1.54) is 11.1 Å². The van der Waals surface area contributed by atoms with Crippen LogP contribution in [-0.2, 0) is 6.42 Å². The number of aliphatic imine (C=N–C) groups is 1. The first-order valence-electron chi connectivity index (χ1n) is 7.03. The van der Waals surface area contributed by atoms with Gasteiger partial charge in [-0.2, -0.15) is 0 Å². The van der Waals surface area contributed by atoms with Crippen LogP contribution < -0.4 is 10.6 Å². The van der Waals surface area contributed by atoms with Crippen molar-refractivity contribution < 1.29 is 0 Å². The highest BCUT2D eigenvalue weighted by molar-refractivity contribution is 5.97. The average Bonchev–Trinajstić information content (AvgIpc) is 2.89. The van der Waals surface area contributed by atoms with Gasteiger partial charge in [0.2, 0.25) is 0 Å². The molecule has 2 aromatic rings. The second-order valence-electron chi connectivity index (χ2n) is 4.97. The molecule has 0 aliphatic carbocycles. The molecule has 1 aliphatic heterocycles. The van der Waals surface area contributed by atoms with Crippen molar-refractivity contribution in [3.63, 3.8) is 0 Å². The molecular formula is C17H19N3. The molecule has 3 heteroatoms. The summed E-state index contributed by atoms with van der Waals surface area (Å²) in [7, 11) is 0. The Morgan fingerprint density at radius 3 is 2.55 bits per heavy atom. The summed E-state index contributed by atoms with van der Waals surface area (Å²) in [6, 6.07) is 19.0. The van der Waals surface area contributed by atoms with Crippen LogP contribution in [0.4, 0.5) is 5.69 Å². The molecule has 2 N–H and O–H groups in total. The summed E-state index contributed by atoms with van der Waals surface area (Å²) in [5.74, 6) is 0.604. The third kappa shape index (κ3) is 2.16. The minimum Gasteiger partial charge on any atom is -0.369 e. The lowest BCUT2D eigenvalue weighted by Crippen LogP contribution is -2.36. The molecule has 3 rings (SSSR count). The molecule has 1 atom stereocenters. The SMILES string of the molecule is CCc1ccccc1C1CN=C(N)N1c1ccccc1. The molecule has 102 valence electrons. The van der Waals surface area contributed by atoms with Crippen LogP contribution in [0.2, 0.25) is 0 Å². The van der Waals surface area contributed by atoms with E-state index in [0.29, 0.717) is 5.96 Å². The number of benzene rings is 2. The number of hydrogen-bond acceptors (Lipinski definition) is 3. The van der Waals surface area contributed by atoms with Gasteiger partial charge in [0.05, 0.1) is 12.6 Å². The van der Waals surface area contributed by atoms with E-state index in [2.05, 4.69) is 53.2 Å². The lowest BCUT2D eigenvalue weighted by atomic mass is 9.97. The van der Waals surface area contributed by atoms with Gasteiger partial charge in [-0.15, -0.1) is 0 Å². The van der Waals surface area contributed by atoms with E-state index in [1.807, 2.05) is 18.2 Å². The normalized spacial score (nSPS) is 18.1. The standard InChI is InChI=1S/C17H19N3/c1-2-13-8-6-7-11-15(13)16-12-19-17(18)20(16)14-9-4-3-5-10-14/h3-11,16H,2,12H2,1H3,(H2,18,19). The van der Waals surface area contributed by atoms with E-state index in [-0.39, 0.29) is 6.04 Å². The minimum atomic E-state index is 0.202. The quantitative estimate of drug-likeness (QED) is 0.926. The molecule has 0 radical (unpaired) electrons. The van der Waals surface area contributed by atoms with E-state index in [9.17, 15) is 0 Å². The van der Waals surface area contributed by atoms with Gasteiger partial charge in [0, 0.05) is 5.69 Å². The van der Waals surface area contributed by atoms with Gasteiger partial charge in [-0.25, -0.2) is 0 Å². The second kappa shape index (κ2) is 5.37. The summed E-state index contributed by atoms with van der Waals surface area (Å²) in [5.41, 5.74) is 9.89. The molecule has 0 saturated heterocycles. The van der Waals surface area contributed by atoms with Crippen molar-refractivity contribution in [2.24, 2.45) is 10.7 Å². The molecule has 2 aromatic carbocycles. The number of anilines is 1. The number of rotatable bonds is 3. The zero-order valence-corrected chi connectivity index (χ0v) is 11.7. The lowest BCUT2D eigenvalue weighted by molar-refractivity contribution is 0.756. The van der Waals surface area contributed by atoms with Crippen LogP contribution in [0.1, 0.15) is 24.1 Å². The average molecular weight is 265 g/mol. The third-order valence-corrected chi connectivity index (χ3v) is 3.81. The van der Waals surface area contributed by atoms with Gasteiger partial charge >= 0.3 is 0 Å². The van der Waals surface area contributed by atoms with Crippen LogP contribution in [0.3, 0.4) is 0 Å². The Morgan fingerprint density at radius 1 is 1.10 bits per heavy atom. The Labute approximate surface area is 119 Å². The molecule has 1 heterocycles. The Balaban J connectivity index is 2.02. The van der Waals surface area contributed by atoms with Crippen LogP contribution in [-0.4, -0.2) is 12.5 Å². The Bertz CT molecular complexity index is 619. The van der Waals surface area contributed by atoms with Gasteiger partial charge in [0.1, 0.15) is 0 Å². The van der Waals surface area contributed by atoms with Gasteiger partial charge in [0.15, 0.2) is 5.96 Å². The predicted octanol–water partition coefficient (Wildman–Crippen LogP) is 3.13.